The van der Waals surface area contributed by atoms with Crippen LogP contribution in [0, 0.1) is 0 Å². The van der Waals surface area contributed by atoms with E-state index in [1.807, 2.05) is 42.5 Å². The number of rotatable bonds is 13. The summed E-state index contributed by atoms with van der Waals surface area (Å²) < 4.78 is 24.9. The minimum absolute atomic E-state index is 0.243. The fraction of sp³-hybridized carbons (Fsp3) is 0.429. The van der Waals surface area contributed by atoms with Crippen molar-refractivity contribution < 1.29 is 13.3 Å². The molecule has 0 atom stereocenters. The van der Waals surface area contributed by atoms with E-state index in [9.17, 15) is 8.42 Å². The Hall–Kier alpha value is -2.07. The highest BCUT2D eigenvalue weighted by Crippen LogP contribution is 2.10. The first-order valence-corrected chi connectivity index (χ1v) is 12.3. The zero-order valence-electron chi connectivity index (χ0n) is 17.3. The van der Waals surface area contributed by atoms with Gasteiger partial charge in [0.15, 0.2) is 5.11 Å². The predicted octanol–water partition coefficient (Wildman–Crippen LogP) is 3.71. The molecule has 0 saturated carbocycles. The first-order valence-electron chi connectivity index (χ1n) is 10.0. The maximum absolute atomic E-state index is 11.9. The predicted molar refractivity (Wildman–Crippen MR) is 124 cm³/mol. The minimum Gasteiger partial charge on any atom is -0.362 e. The molecule has 0 amide bonds. The van der Waals surface area contributed by atoms with Gasteiger partial charge in [-0.15, -0.1) is 0 Å². The highest BCUT2D eigenvalue weighted by Gasteiger charge is 2.17. The van der Waals surface area contributed by atoms with Crippen LogP contribution in [0.4, 0.5) is 5.69 Å². The molecule has 0 unspecified atom stereocenters. The molecule has 2 aromatic rings. The zero-order chi connectivity index (χ0) is 21.7. The fourth-order valence-electron chi connectivity index (χ4n) is 2.76. The van der Waals surface area contributed by atoms with Gasteiger partial charge in [0.1, 0.15) is 0 Å². The molecule has 0 aliphatic rings. The van der Waals surface area contributed by atoms with Crippen molar-refractivity contribution in [2.24, 2.45) is 0 Å². The SMILES string of the molecule is CS(=O)(=O)N(CCCCCCCNC(=S)Nc1ccncc1)OCc1ccccc1. The molecular weight excluding hydrogens is 420 g/mol. The normalized spacial score (nSPS) is 11.4. The smallest absolute Gasteiger partial charge is 0.233 e. The lowest BCUT2D eigenvalue weighted by Gasteiger charge is -2.19. The van der Waals surface area contributed by atoms with Gasteiger partial charge >= 0.3 is 0 Å². The van der Waals surface area contributed by atoms with Gasteiger partial charge in [-0.3, -0.25) is 9.82 Å². The van der Waals surface area contributed by atoms with Crippen LogP contribution in [0.25, 0.3) is 0 Å². The Morgan fingerprint density at radius 3 is 2.40 bits per heavy atom. The molecule has 30 heavy (non-hydrogen) atoms. The molecule has 9 heteroatoms. The van der Waals surface area contributed by atoms with Crippen LogP contribution in [0.1, 0.15) is 37.7 Å². The molecule has 7 nitrogen and oxygen atoms in total. The van der Waals surface area contributed by atoms with Crippen LogP contribution in [0.2, 0.25) is 0 Å². The van der Waals surface area contributed by atoms with E-state index in [0.717, 1.165) is 54.4 Å². The van der Waals surface area contributed by atoms with E-state index in [2.05, 4.69) is 15.6 Å². The molecule has 0 saturated heterocycles. The van der Waals surface area contributed by atoms with Gasteiger partial charge in [0.05, 0.1) is 12.9 Å². The Morgan fingerprint density at radius 2 is 1.70 bits per heavy atom. The first kappa shape index (κ1) is 24.2. The molecular formula is C21H30N4O3S2. The van der Waals surface area contributed by atoms with Crippen LogP contribution in [-0.4, -0.2) is 42.3 Å². The van der Waals surface area contributed by atoms with Crippen molar-refractivity contribution in [3.63, 3.8) is 0 Å². The van der Waals surface area contributed by atoms with E-state index in [1.165, 1.54) is 6.26 Å². The number of aromatic nitrogens is 1. The molecule has 1 heterocycles. The van der Waals surface area contributed by atoms with Gasteiger partial charge in [0.25, 0.3) is 0 Å². The number of nitrogens with zero attached hydrogens (tertiary/aromatic N) is 2. The van der Waals surface area contributed by atoms with E-state index >= 15 is 0 Å². The molecule has 0 radical (unpaired) electrons. The molecule has 0 spiro atoms. The number of pyridine rings is 1. The molecule has 2 N–H and O–H groups in total. The summed E-state index contributed by atoms with van der Waals surface area (Å²) in [6.45, 7) is 1.41. The lowest BCUT2D eigenvalue weighted by molar-refractivity contribution is -0.0962. The molecule has 1 aromatic heterocycles. The number of thiocarbonyl (C=S) groups is 1. The second kappa shape index (κ2) is 13.3. The standard InChI is InChI=1S/C21H30N4O3S2/c1-30(26,27)25(28-18-19-10-6-5-7-11-19)17-9-4-2-3-8-14-23-21(29)24-20-12-15-22-16-13-20/h5-7,10-13,15-16H,2-4,8-9,14,17-18H2,1H3,(H2,22,23,24,29). The van der Waals surface area contributed by atoms with Crippen molar-refractivity contribution in [3.05, 3.63) is 60.4 Å². The number of hydroxylamine groups is 1. The summed E-state index contributed by atoms with van der Waals surface area (Å²) in [7, 11) is -3.40. The van der Waals surface area contributed by atoms with E-state index in [4.69, 9.17) is 17.1 Å². The Bertz CT molecular complexity index is 849. The van der Waals surface area contributed by atoms with Crippen molar-refractivity contribution in [2.45, 2.75) is 38.7 Å². The maximum atomic E-state index is 11.9. The summed E-state index contributed by atoms with van der Waals surface area (Å²) in [5.41, 5.74) is 1.85. The molecule has 0 bridgehead atoms. The molecule has 1 aromatic carbocycles. The minimum atomic E-state index is -3.40. The second-order valence-corrected chi connectivity index (χ2v) is 9.21. The average molecular weight is 451 g/mol. The number of sulfonamides is 1. The van der Waals surface area contributed by atoms with Crippen molar-refractivity contribution in [3.8, 4) is 0 Å². The monoisotopic (exact) mass is 450 g/mol. The van der Waals surface area contributed by atoms with E-state index in [1.54, 1.807) is 12.4 Å². The second-order valence-electron chi connectivity index (χ2n) is 6.93. The van der Waals surface area contributed by atoms with Crippen molar-refractivity contribution >= 4 is 33.0 Å². The van der Waals surface area contributed by atoms with Crippen LogP contribution in [0.3, 0.4) is 0 Å². The van der Waals surface area contributed by atoms with Crippen LogP contribution < -0.4 is 10.6 Å². The Morgan fingerprint density at radius 1 is 1.03 bits per heavy atom. The molecule has 0 aliphatic carbocycles. The number of anilines is 1. The first-order chi connectivity index (χ1) is 14.4. The third-order valence-corrected chi connectivity index (χ3v) is 5.60. The number of nitrogens with one attached hydrogen (secondary N) is 2. The van der Waals surface area contributed by atoms with Gasteiger partial charge < -0.3 is 10.6 Å². The van der Waals surface area contributed by atoms with Crippen molar-refractivity contribution in [1.82, 2.24) is 14.8 Å². The van der Waals surface area contributed by atoms with Crippen LogP contribution in [0.5, 0.6) is 0 Å². The zero-order valence-corrected chi connectivity index (χ0v) is 18.9. The number of hydrogen-bond acceptors (Lipinski definition) is 5. The third kappa shape index (κ3) is 10.1. The van der Waals surface area contributed by atoms with E-state index < -0.39 is 10.0 Å². The number of hydrogen-bond donors (Lipinski definition) is 2. The average Bonchev–Trinajstić information content (AvgIpc) is 2.72. The van der Waals surface area contributed by atoms with E-state index in [-0.39, 0.29) is 6.61 Å². The summed E-state index contributed by atoms with van der Waals surface area (Å²) in [4.78, 5) is 9.49. The van der Waals surface area contributed by atoms with Gasteiger partial charge in [-0.25, -0.2) is 8.42 Å². The van der Waals surface area contributed by atoms with Crippen molar-refractivity contribution in [1.29, 1.82) is 0 Å². The highest BCUT2D eigenvalue weighted by atomic mass is 32.2. The fourth-order valence-corrected chi connectivity index (χ4v) is 3.68. The molecule has 0 aliphatic heterocycles. The van der Waals surface area contributed by atoms with Crippen LogP contribution in [0.15, 0.2) is 54.9 Å². The van der Waals surface area contributed by atoms with Gasteiger partial charge in [-0.05, 0) is 42.8 Å². The Kier molecular flexibility index (Phi) is 10.7. The third-order valence-electron chi connectivity index (χ3n) is 4.33. The molecule has 2 rings (SSSR count). The van der Waals surface area contributed by atoms with Gasteiger partial charge in [0, 0.05) is 31.2 Å². The largest absolute Gasteiger partial charge is 0.362 e. The lowest BCUT2D eigenvalue weighted by atomic mass is 10.1. The van der Waals surface area contributed by atoms with E-state index in [0.29, 0.717) is 11.7 Å². The Labute approximate surface area is 184 Å². The van der Waals surface area contributed by atoms with Gasteiger partial charge in [0.2, 0.25) is 10.0 Å². The summed E-state index contributed by atoms with van der Waals surface area (Å²) in [6, 6.07) is 13.3. The van der Waals surface area contributed by atoms with Crippen LogP contribution in [-0.2, 0) is 21.5 Å². The number of unbranched alkanes of at least 4 members (excludes halogenated alkanes) is 4. The molecule has 0 fully saturated rings. The van der Waals surface area contributed by atoms with Crippen LogP contribution >= 0.6 is 12.2 Å². The quantitative estimate of drug-likeness (QED) is 0.273. The van der Waals surface area contributed by atoms with Gasteiger partial charge in [-0.1, -0.05) is 54.1 Å². The van der Waals surface area contributed by atoms with Gasteiger partial charge in [-0.2, -0.15) is 0 Å². The summed E-state index contributed by atoms with van der Waals surface area (Å²) >= 11 is 5.26. The summed E-state index contributed by atoms with van der Waals surface area (Å²) in [5, 5.41) is 6.89. The summed E-state index contributed by atoms with van der Waals surface area (Å²) in [6.07, 6.45) is 9.38. The topological polar surface area (TPSA) is 83.6 Å². The molecule has 164 valence electrons. The maximum Gasteiger partial charge on any atom is 0.233 e. The van der Waals surface area contributed by atoms with Crippen molar-refractivity contribution in [2.75, 3.05) is 24.7 Å². The highest BCUT2D eigenvalue weighted by molar-refractivity contribution is 7.88. The lowest BCUT2D eigenvalue weighted by Crippen LogP contribution is -2.31. The summed E-state index contributed by atoms with van der Waals surface area (Å²) in [5.74, 6) is 0. The number of benzene rings is 1. The Balaban J connectivity index is 1.55.